The van der Waals surface area contributed by atoms with Crippen LogP contribution >= 0.6 is 11.3 Å². The third-order valence-electron chi connectivity index (χ3n) is 4.41. The van der Waals surface area contributed by atoms with Crippen molar-refractivity contribution in [1.82, 2.24) is 20.0 Å². The number of nitrogens with one attached hydrogen (secondary N) is 1. The molecule has 162 valence electrons. The maximum atomic E-state index is 12.5. The first-order valence-corrected chi connectivity index (χ1v) is 11.0. The van der Waals surface area contributed by atoms with Gasteiger partial charge in [-0.3, -0.25) is 14.3 Å². The van der Waals surface area contributed by atoms with E-state index in [2.05, 4.69) is 17.4 Å². The Morgan fingerprint density at radius 2 is 1.90 bits per heavy atom. The van der Waals surface area contributed by atoms with E-state index in [0.29, 0.717) is 6.54 Å². The van der Waals surface area contributed by atoms with Gasteiger partial charge in [-0.25, -0.2) is 0 Å². The fourth-order valence-electron chi connectivity index (χ4n) is 3.05. The topological polar surface area (TPSA) is 67.2 Å². The number of carbonyl (C=O) groups is 2. The van der Waals surface area contributed by atoms with Gasteiger partial charge in [0, 0.05) is 30.4 Å². The van der Waals surface area contributed by atoms with Crippen LogP contribution in [0, 0.1) is 0 Å². The van der Waals surface area contributed by atoms with Crippen LogP contribution < -0.4 is 5.32 Å². The molecule has 2 heterocycles. The lowest BCUT2D eigenvalue weighted by Crippen LogP contribution is -2.46. The van der Waals surface area contributed by atoms with Crippen molar-refractivity contribution in [3.8, 4) is 10.6 Å². The summed E-state index contributed by atoms with van der Waals surface area (Å²) in [6.07, 6.45) is 5.20. The average Bonchev–Trinajstić information content (AvgIpc) is 3.35. The molecule has 0 bridgehead atoms. The Kier molecular flexibility index (Phi) is 7.07. The third-order valence-corrected chi connectivity index (χ3v) is 5.29. The molecule has 0 spiro atoms. The molecule has 1 N–H and O–H groups in total. The Bertz CT molecular complexity index is 1050. The van der Waals surface area contributed by atoms with E-state index in [4.69, 9.17) is 5.10 Å². The number of thiophene rings is 1. The van der Waals surface area contributed by atoms with E-state index in [9.17, 15) is 9.59 Å². The van der Waals surface area contributed by atoms with Gasteiger partial charge in [0.15, 0.2) is 0 Å². The molecule has 0 unspecified atom stereocenters. The average molecular weight is 437 g/mol. The molecule has 2 amide bonds. The number of carbonyl (C=O) groups excluding carboxylic acids is 2. The van der Waals surface area contributed by atoms with Crippen LogP contribution in [0.3, 0.4) is 0 Å². The lowest BCUT2D eigenvalue weighted by Gasteiger charge is -2.22. The molecule has 7 heteroatoms. The molecule has 1 aromatic carbocycles. The second-order valence-electron chi connectivity index (χ2n) is 8.42. The molecular formula is C24H28N4O2S. The van der Waals surface area contributed by atoms with E-state index in [0.717, 1.165) is 21.7 Å². The van der Waals surface area contributed by atoms with Gasteiger partial charge in [-0.2, -0.15) is 5.10 Å². The molecule has 0 aliphatic carbocycles. The maximum Gasteiger partial charge on any atom is 0.246 e. The fourth-order valence-corrected chi connectivity index (χ4v) is 3.79. The highest BCUT2D eigenvalue weighted by atomic mass is 32.1. The van der Waals surface area contributed by atoms with Gasteiger partial charge in [0.05, 0.1) is 18.0 Å². The van der Waals surface area contributed by atoms with Gasteiger partial charge in [0.2, 0.25) is 11.8 Å². The van der Waals surface area contributed by atoms with Crippen LogP contribution in [0.15, 0.2) is 60.1 Å². The number of likely N-dealkylation sites (N-methyl/N-ethyl adjacent to an activating group) is 1. The number of aromatic nitrogens is 2. The molecule has 3 rings (SSSR count). The molecule has 0 radical (unpaired) electrons. The van der Waals surface area contributed by atoms with Gasteiger partial charge in [0.1, 0.15) is 5.69 Å². The highest BCUT2D eigenvalue weighted by Gasteiger charge is 2.17. The Morgan fingerprint density at radius 3 is 2.55 bits per heavy atom. The molecule has 31 heavy (non-hydrogen) atoms. The summed E-state index contributed by atoms with van der Waals surface area (Å²) in [7, 11) is 1.62. The molecule has 0 fully saturated rings. The predicted molar refractivity (Wildman–Crippen MR) is 126 cm³/mol. The molecule has 0 atom stereocenters. The van der Waals surface area contributed by atoms with Crippen LogP contribution in [0.2, 0.25) is 0 Å². The quantitative estimate of drug-likeness (QED) is 0.568. The van der Waals surface area contributed by atoms with Crippen molar-refractivity contribution in [2.24, 2.45) is 0 Å². The van der Waals surface area contributed by atoms with E-state index in [1.54, 1.807) is 24.5 Å². The third kappa shape index (κ3) is 6.65. The fraction of sp³-hybridized carbons (Fsp3) is 0.292. The highest BCUT2D eigenvalue weighted by Crippen LogP contribution is 2.27. The summed E-state index contributed by atoms with van der Waals surface area (Å²) in [5.74, 6) is -0.427. The lowest BCUT2D eigenvalue weighted by atomic mass is 10.1. The molecule has 6 nitrogen and oxygen atoms in total. The summed E-state index contributed by atoms with van der Waals surface area (Å²) in [5, 5.41) is 9.62. The summed E-state index contributed by atoms with van der Waals surface area (Å²) in [6.45, 7) is 6.38. The van der Waals surface area contributed by atoms with Crippen LogP contribution in [0.4, 0.5) is 0 Å². The summed E-state index contributed by atoms with van der Waals surface area (Å²) < 4.78 is 1.88. The first-order chi connectivity index (χ1) is 14.7. The van der Waals surface area contributed by atoms with Gasteiger partial charge in [-0.15, -0.1) is 11.3 Å². The first-order valence-electron chi connectivity index (χ1n) is 10.1. The minimum Gasteiger partial charge on any atom is -0.350 e. The van der Waals surface area contributed by atoms with E-state index >= 15 is 0 Å². The first kappa shape index (κ1) is 22.5. The zero-order chi connectivity index (χ0) is 22.4. The molecule has 0 aliphatic heterocycles. The van der Waals surface area contributed by atoms with Crippen molar-refractivity contribution in [2.75, 3.05) is 13.6 Å². The van der Waals surface area contributed by atoms with Gasteiger partial charge in [-0.05, 0) is 43.9 Å². The number of hydrogen-bond acceptors (Lipinski definition) is 4. The van der Waals surface area contributed by atoms with E-state index < -0.39 is 0 Å². The minimum absolute atomic E-state index is 0.00545. The van der Waals surface area contributed by atoms with Crippen LogP contribution in [0.1, 0.15) is 31.9 Å². The van der Waals surface area contributed by atoms with Crippen molar-refractivity contribution in [1.29, 1.82) is 0 Å². The molecule has 0 aliphatic rings. The zero-order valence-corrected chi connectivity index (χ0v) is 19.1. The molecular weight excluding hydrogens is 408 g/mol. The van der Waals surface area contributed by atoms with Crippen LogP contribution in [-0.2, 0) is 16.1 Å². The number of nitrogens with zero attached hydrogens (tertiary/aromatic N) is 3. The Balaban J connectivity index is 1.75. The minimum atomic E-state index is -0.334. The Labute approximate surface area is 187 Å². The van der Waals surface area contributed by atoms with Crippen molar-refractivity contribution in [2.45, 2.75) is 32.9 Å². The van der Waals surface area contributed by atoms with Gasteiger partial charge < -0.3 is 10.2 Å². The van der Waals surface area contributed by atoms with Crippen molar-refractivity contribution in [3.63, 3.8) is 0 Å². The number of amides is 2. The Hall–Kier alpha value is -3.19. The smallest absolute Gasteiger partial charge is 0.246 e. The maximum absolute atomic E-state index is 12.5. The van der Waals surface area contributed by atoms with Gasteiger partial charge in [0.25, 0.3) is 0 Å². The number of rotatable bonds is 7. The second-order valence-corrected chi connectivity index (χ2v) is 9.37. The number of benzene rings is 1. The van der Waals surface area contributed by atoms with Crippen molar-refractivity contribution < 1.29 is 9.59 Å². The van der Waals surface area contributed by atoms with Gasteiger partial charge >= 0.3 is 0 Å². The monoisotopic (exact) mass is 436 g/mol. The predicted octanol–water partition coefficient (Wildman–Crippen LogP) is 4.05. The van der Waals surface area contributed by atoms with Crippen LogP contribution in [0.25, 0.3) is 16.6 Å². The highest BCUT2D eigenvalue weighted by molar-refractivity contribution is 7.13. The molecule has 0 saturated carbocycles. The molecule has 0 saturated heterocycles. The number of hydrogen-bond donors (Lipinski definition) is 1. The summed E-state index contributed by atoms with van der Waals surface area (Å²) in [5.41, 5.74) is 2.51. The molecule has 3 aromatic rings. The summed E-state index contributed by atoms with van der Waals surface area (Å²) >= 11 is 1.61. The molecule has 2 aromatic heterocycles. The normalized spacial score (nSPS) is 11.6. The van der Waals surface area contributed by atoms with Crippen LogP contribution in [0.5, 0.6) is 0 Å². The standard InChI is InChI=1S/C24H28N4O2S/c1-24(2,3)25-21(29)17-27(4)22(30)13-12-19-16-28(15-18-9-6-5-7-10-18)26-23(19)20-11-8-14-31-20/h5-14,16H,15,17H2,1-4H3,(H,25,29). The van der Waals surface area contributed by atoms with E-state index in [1.165, 1.54) is 11.0 Å². The van der Waals surface area contributed by atoms with E-state index in [-0.39, 0.29) is 23.9 Å². The SMILES string of the molecule is CN(CC(=O)NC(C)(C)C)C(=O)C=Cc1cn(Cc2ccccc2)nc1-c1cccs1. The largest absolute Gasteiger partial charge is 0.350 e. The van der Waals surface area contributed by atoms with Crippen LogP contribution in [-0.4, -0.2) is 45.6 Å². The lowest BCUT2D eigenvalue weighted by molar-refractivity contribution is -0.131. The van der Waals surface area contributed by atoms with E-state index in [1.807, 2.05) is 67.4 Å². The van der Waals surface area contributed by atoms with Crippen molar-refractivity contribution >= 4 is 29.2 Å². The zero-order valence-electron chi connectivity index (χ0n) is 18.3. The Morgan fingerprint density at radius 1 is 1.16 bits per heavy atom. The summed E-state index contributed by atoms with van der Waals surface area (Å²) in [6, 6.07) is 14.1. The van der Waals surface area contributed by atoms with Gasteiger partial charge in [-0.1, -0.05) is 36.4 Å². The van der Waals surface area contributed by atoms with Crippen molar-refractivity contribution in [3.05, 3.63) is 71.2 Å². The summed E-state index contributed by atoms with van der Waals surface area (Å²) in [4.78, 5) is 27.1. The second kappa shape index (κ2) is 9.75.